The Morgan fingerprint density at radius 2 is 2.20 bits per heavy atom. The summed E-state index contributed by atoms with van der Waals surface area (Å²) in [7, 11) is 0. The van der Waals surface area contributed by atoms with Crippen molar-refractivity contribution in [3.05, 3.63) is 23.8 Å². The van der Waals surface area contributed by atoms with Crippen LogP contribution < -0.4 is 14.8 Å². The normalized spacial score (nSPS) is 12.6. The van der Waals surface area contributed by atoms with Gasteiger partial charge in [0.2, 0.25) is 6.79 Å². The van der Waals surface area contributed by atoms with E-state index in [1.165, 1.54) is 0 Å². The Balaban J connectivity index is 1.95. The highest BCUT2D eigenvalue weighted by molar-refractivity contribution is 7.96. The molecule has 4 nitrogen and oxygen atoms in total. The van der Waals surface area contributed by atoms with Gasteiger partial charge in [0, 0.05) is 6.54 Å². The van der Waals surface area contributed by atoms with Crippen LogP contribution in [0.5, 0.6) is 11.5 Å². The highest BCUT2D eigenvalue weighted by Gasteiger charge is 2.12. The topological polar surface area (TPSA) is 47.6 Å². The molecular formula is C10H11NO3S. The van der Waals surface area contributed by atoms with Gasteiger partial charge in [0.1, 0.15) is 0 Å². The lowest BCUT2D eigenvalue weighted by Gasteiger charge is -2.03. The van der Waals surface area contributed by atoms with Crippen LogP contribution in [0.25, 0.3) is 0 Å². The monoisotopic (exact) mass is 225 g/mol. The maximum atomic E-state index is 10.5. The molecule has 2 rings (SSSR count). The van der Waals surface area contributed by atoms with Crippen LogP contribution in [0.2, 0.25) is 0 Å². The van der Waals surface area contributed by atoms with Crippen molar-refractivity contribution in [1.29, 1.82) is 0 Å². The first-order valence-corrected chi connectivity index (χ1v) is 5.06. The first kappa shape index (κ1) is 10.2. The van der Waals surface area contributed by atoms with Gasteiger partial charge in [0.25, 0.3) is 5.24 Å². The average Bonchev–Trinajstić information content (AvgIpc) is 2.64. The zero-order chi connectivity index (χ0) is 10.7. The Hall–Kier alpha value is -1.36. The van der Waals surface area contributed by atoms with E-state index in [1.54, 1.807) is 0 Å². The van der Waals surface area contributed by atoms with E-state index in [1.807, 2.05) is 18.2 Å². The zero-order valence-electron chi connectivity index (χ0n) is 8.03. The van der Waals surface area contributed by atoms with Crippen LogP contribution in [0.3, 0.4) is 0 Å². The highest BCUT2D eigenvalue weighted by Crippen LogP contribution is 2.32. The molecule has 0 atom stereocenters. The number of fused-ring (bicyclic) bond motifs is 1. The molecule has 1 aliphatic heterocycles. The van der Waals surface area contributed by atoms with Gasteiger partial charge in [-0.2, -0.15) is 0 Å². The minimum Gasteiger partial charge on any atom is -0.454 e. The molecule has 80 valence electrons. The largest absolute Gasteiger partial charge is 0.454 e. The van der Waals surface area contributed by atoms with Gasteiger partial charge < -0.3 is 14.8 Å². The molecule has 1 aromatic carbocycles. The Morgan fingerprint density at radius 3 is 3.00 bits per heavy atom. The van der Waals surface area contributed by atoms with Gasteiger partial charge >= 0.3 is 0 Å². The molecule has 1 N–H and O–H groups in total. The van der Waals surface area contributed by atoms with Crippen molar-refractivity contribution >= 4 is 17.9 Å². The number of rotatable bonds is 3. The van der Waals surface area contributed by atoms with E-state index in [0.717, 1.165) is 23.5 Å². The van der Waals surface area contributed by atoms with Crippen molar-refractivity contribution in [1.82, 2.24) is 5.32 Å². The van der Waals surface area contributed by atoms with Crippen LogP contribution in [0, 0.1) is 0 Å². The Morgan fingerprint density at radius 1 is 1.40 bits per heavy atom. The fourth-order valence-electron chi connectivity index (χ4n) is 1.41. The molecule has 5 heteroatoms. The molecule has 0 aromatic heterocycles. The SMILES string of the molecule is O=C(S)NCCc1ccc2c(c1)OCO2. The van der Waals surface area contributed by atoms with E-state index in [2.05, 4.69) is 17.9 Å². The third-order valence-electron chi connectivity index (χ3n) is 2.13. The maximum Gasteiger partial charge on any atom is 0.275 e. The minimum absolute atomic E-state index is 0.284. The molecule has 0 radical (unpaired) electrons. The molecule has 1 heterocycles. The van der Waals surface area contributed by atoms with Gasteiger partial charge in [-0.05, 0) is 24.1 Å². The van der Waals surface area contributed by atoms with Gasteiger partial charge in [0.15, 0.2) is 11.5 Å². The summed E-state index contributed by atoms with van der Waals surface area (Å²) < 4.78 is 10.4. The van der Waals surface area contributed by atoms with E-state index in [-0.39, 0.29) is 12.0 Å². The lowest BCUT2D eigenvalue weighted by Crippen LogP contribution is -2.19. The summed E-state index contributed by atoms with van der Waals surface area (Å²) in [6.45, 7) is 0.855. The fraction of sp³-hybridized carbons (Fsp3) is 0.300. The molecule has 0 fully saturated rings. The van der Waals surface area contributed by atoms with Crippen LogP contribution in [0.4, 0.5) is 4.79 Å². The first-order chi connectivity index (χ1) is 7.25. The number of nitrogens with one attached hydrogen (secondary N) is 1. The predicted octanol–water partition coefficient (Wildman–Crippen LogP) is 1.60. The second kappa shape index (κ2) is 4.44. The molecule has 0 unspecified atom stereocenters. The molecule has 0 aliphatic carbocycles. The van der Waals surface area contributed by atoms with Crippen LogP contribution >= 0.6 is 12.6 Å². The van der Waals surface area contributed by atoms with Crippen molar-refractivity contribution in [2.75, 3.05) is 13.3 Å². The lowest BCUT2D eigenvalue weighted by atomic mass is 10.1. The Labute approximate surface area is 93.0 Å². The molecule has 15 heavy (non-hydrogen) atoms. The number of amides is 1. The van der Waals surface area contributed by atoms with Crippen LogP contribution in [0.15, 0.2) is 18.2 Å². The summed E-state index contributed by atoms with van der Waals surface area (Å²) in [6.07, 6.45) is 0.753. The fourth-order valence-corrected chi connectivity index (χ4v) is 1.52. The summed E-state index contributed by atoms with van der Waals surface area (Å²) in [5.74, 6) is 1.54. The highest BCUT2D eigenvalue weighted by atomic mass is 32.1. The van der Waals surface area contributed by atoms with Crippen molar-refractivity contribution in [2.45, 2.75) is 6.42 Å². The van der Waals surface area contributed by atoms with E-state index in [0.29, 0.717) is 6.54 Å². The first-order valence-electron chi connectivity index (χ1n) is 4.61. The van der Waals surface area contributed by atoms with E-state index >= 15 is 0 Å². The molecule has 1 aliphatic rings. The molecular weight excluding hydrogens is 214 g/mol. The zero-order valence-corrected chi connectivity index (χ0v) is 8.92. The number of hydrogen-bond acceptors (Lipinski definition) is 3. The number of carbonyl (C=O) groups excluding carboxylic acids is 1. The lowest BCUT2D eigenvalue weighted by molar-refractivity contribution is 0.174. The number of ether oxygens (including phenoxy) is 2. The average molecular weight is 225 g/mol. The Kier molecular flexibility index (Phi) is 3.01. The van der Waals surface area contributed by atoms with Gasteiger partial charge in [0.05, 0.1) is 0 Å². The molecule has 1 aromatic rings. The summed E-state index contributed by atoms with van der Waals surface area (Å²) in [5, 5.41) is 2.31. The van der Waals surface area contributed by atoms with Gasteiger partial charge in [-0.15, -0.1) is 0 Å². The van der Waals surface area contributed by atoms with Crippen molar-refractivity contribution in [3.63, 3.8) is 0 Å². The smallest absolute Gasteiger partial charge is 0.275 e. The number of hydrogen-bond donors (Lipinski definition) is 2. The number of thiol groups is 1. The van der Waals surface area contributed by atoms with Gasteiger partial charge in [-0.3, -0.25) is 4.79 Å². The quantitative estimate of drug-likeness (QED) is 0.768. The molecule has 0 saturated heterocycles. The van der Waals surface area contributed by atoms with E-state index in [9.17, 15) is 4.79 Å². The molecule has 0 saturated carbocycles. The number of carbonyl (C=O) groups is 1. The standard InChI is InChI=1S/C10H11NO3S/c12-10(15)11-4-3-7-1-2-8-9(5-7)14-6-13-8/h1-2,5H,3-4,6H2,(H2,11,12,15). The van der Waals surface area contributed by atoms with Gasteiger partial charge in [-0.1, -0.05) is 18.7 Å². The summed E-state index contributed by atoms with van der Waals surface area (Å²) in [4.78, 5) is 10.5. The van der Waals surface area contributed by atoms with Crippen molar-refractivity contribution < 1.29 is 14.3 Å². The summed E-state index contributed by atoms with van der Waals surface area (Å²) in [6, 6.07) is 5.76. The molecule has 0 spiro atoms. The third-order valence-corrected chi connectivity index (χ3v) is 2.28. The van der Waals surface area contributed by atoms with Crippen LogP contribution in [-0.4, -0.2) is 18.6 Å². The second-order valence-electron chi connectivity index (χ2n) is 3.17. The third kappa shape index (κ3) is 2.56. The Bertz CT molecular complexity index is 381. The van der Waals surface area contributed by atoms with Crippen molar-refractivity contribution in [2.24, 2.45) is 0 Å². The van der Waals surface area contributed by atoms with E-state index in [4.69, 9.17) is 9.47 Å². The molecule has 1 amide bonds. The van der Waals surface area contributed by atoms with Crippen LogP contribution in [0.1, 0.15) is 5.56 Å². The second-order valence-corrected chi connectivity index (χ2v) is 3.58. The van der Waals surface area contributed by atoms with Crippen molar-refractivity contribution in [3.8, 4) is 11.5 Å². The summed E-state index contributed by atoms with van der Waals surface area (Å²) in [5.41, 5.74) is 1.10. The predicted molar refractivity (Wildman–Crippen MR) is 58.7 cm³/mol. The molecule has 0 bridgehead atoms. The minimum atomic E-state index is -0.309. The van der Waals surface area contributed by atoms with E-state index < -0.39 is 0 Å². The van der Waals surface area contributed by atoms with Crippen LogP contribution in [-0.2, 0) is 6.42 Å². The number of benzene rings is 1. The maximum absolute atomic E-state index is 10.5. The summed E-state index contributed by atoms with van der Waals surface area (Å²) >= 11 is 3.61. The van der Waals surface area contributed by atoms with Gasteiger partial charge in [-0.25, -0.2) is 0 Å².